The van der Waals surface area contributed by atoms with Crippen molar-refractivity contribution in [1.82, 2.24) is 5.32 Å². The molecule has 0 saturated heterocycles. The molecule has 4 heteroatoms. The number of carbonyl (C=O) groups is 1. The van der Waals surface area contributed by atoms with Crippen LogP contribution in [0.5, 0.6) is 0 Å². The van der Waals surface area contributed by atoms with Gasteiger partial charge in [-0.2, -0.15) is 0 Å². The van der Waals surface area contributed by atoms with Gasteiger partial charge in [-0.1, -0.05) is 38.7 Å². The van der Waals surface area contributed by atoms with E-state index in [9.17, 15) is 4.79 Å². The van der Waals surface area contributed by atoms with E-state index in [1.54, 1.807) is 0 Å². The SMILES string of the molecule is CCCCCCC/C=C/C(=O)OCCOCCNC. The topological polar surface area (TPSA) is 47.6 Å². The first-order valence-corrected chi connectivity index (χ1v) is 7.37. The highest BCUT2D eigenvalue weighted by Gasteiger charge is 1.96. The van der Waals surface area contributed by atoms with Gasteiger partial charge in [0.25, 0.3) is 0 Å². The lowest BCUT2D eigenvalue weighted by atomic mass is 10.1. The van der Waals surface area contributed by atoms with Gasteiger partial charge in [0.05, 0.1) is 13.2 Å². The maximum Gasteiger partial charge on any atom is 0.330 e. The van der Waals surface area contributed by atoms with Crippen LogP contribution in [0.4, 0.5) is 0 Å². The van der Waals surface area contributed by atoms with E-state index in [-0.39, 0.29) is 5.97 Å². The molecule has 0 atom stereocenters. The summed E-state index contributed by atoms with van der Waals surface area (Å²) in [6, 6.07) is 0. The summed E-state index contributed by atoms with van der Waals surface area (Å²) in [4.78, 5) is 11.3. The lowest BCUT2D eigenvalue weighted by molar-refractivity contribution is -0.139. The minimum atomic E-state index is -0.272. The van der Waals surface area contributed by atoms with E-state index in [1.165, 1.54) is 31.8 Å². The van der Waals surface area contributed by atoms with Gasteiger partial charge in [0, 0.05) is 12.6 Å². The third kappa shape index (κ3) is 15.1. The second-order valence-electron chi connectivity index (χ2n) is 4.49. The summed E-state index contributed by atoms with van der Waals surface area (Å²) in [7, 11) is 1.87. The zero-order chi connectivity index (χ0) is 14.2. The van der Waals surface area contributed by atoms with Crippen LogP contribution in [0.2, 0.25) is 0 Å². The van der Waals surface area contributed by atoms with Crippen LogP contribution in [-0.4, -0.2) is 39.4 Å². The summed E-state index contributed by atoms with van der Waals surface area (Å²) in [6.45, 7) is 4.44. The molecular formula is C15H29NO3. The zero-order valence-corrected chi connectivity index (χ0v) is 12.5. The number of hydrogen-bond acceptors (Lipinski definition) is 4. The molecule has 0 aliphatic rings. The molecule has 0 heterocycles. The predicted octanol–water partition coefficient (Wildman–Crippen LogP) is 2.68. The molecule has 0 spiro atoms. The van der Waals surface area contributed by atoms with Crippen molar-refractivity contribution < 1.29 is 14.3 Å². The first-order valence-electron chi connectivity index (χ1n) is 7.37. The van der Waals surface area contributed by atoms with Gasteiger partial charge in [0.1, 0.15) is 6.61 Å². The molecule has 0 saturated carbocycles. The van der Waals surface area contributed by atoms with Crippen LogP contribution >= 0.6 is 0 Å². The molecule has 0 aliphatic carbocycles. The fourth-order valence-electron chi connectivity index (χ4n) is 1.57. The van der Waals surface area contributed by atoms with Crippen LogP contribution in [-0.2, 0) is 14.3 Å². The molecule has 112 valence electrons. The van der Waals surface area contributed by atoms with E-state index < -0.39 is 0 Å². The highest BCUT2D eigenvalue weighted by molar-refractivity contribution is 5.81. The van der Waals surface area contributed by atoms with Gasteiger partial charge in [-0.25, -0.2) is 4.79 Å². The number of ether oxygens (including phenoxy) is 2. The molecule has 1 N–H and O–H groups in total. The maximum absolute atomic E-state index is 11.3. The Bertz CT molecular complexity index is 229. The third-order valence-corrected chi connectivity index (χ3v) is 2.70. The number of esters is 1. The Morgan fingerprint density at radius 1 is 1.11 bits per heavy atom. The van der Waals surface area contributed by atoms with Crippen LogP contribution in [0, 0.1) is 0 Å². The van der Waals surface area contributed by atoms with Crippen LogP contribution in [0.25, 0.3) is 0 Å². The minimum Gasteiger partial charge on any atom is -0.460 e. The first-order chi connectivity index (χ1) is 9.31. The lowest BCUT2D eigenvalue weighted by Crippen LogP contribution is -2.16. The predicted molar refractivity (Wildman–Crippen MR) is 78.2 cm³/mol. The normalized spacial score (nSPS) is 11.1. The second kappa shape index (κ2) is 15.2. The first kappa shape index (κ1) is 18.1. The fraction of sp³-hybridized carbons (Fsp3) is 0.800. The number of likely N-dealkylation sites (N-methyl/N-ethyl adjacent to an activating group) is 1. The van der Waals surface area contributed by atoms with Gasteiger partial charge < -0.3 is 14.8 Å². The summed E-state index contributed by atoms with van der Waals surface area (Å²) in [6.07, 6.45) is 10.6. The molecule has 0 aromatic carbocycles. The van der Waals surface area contributed by atoms with Gasteiger partial charge in [0.2, 0.25) is 0 Å². The smallest absolute Gasteiger partial charge is 0.330 e. The molecule has 4 nitrogen and oxygen atoms in total. The molecule has 0 aromatic heterocycles. The van der Waals surface area contributed by atoms with Gasteiger partial charge in [-0.3, -0.25) is 0 Å². The number of rotatable bonds is 13. The van der Waals surface area contributed by atoms with E-state index in [0.29, 0.717) is 19.8 Å². The average Bonchev–Trinajstić information content (AvgIpc) is 2.41. The van der Waals surface area contributed by atoms with Crippen molar-refractivity contribution in [3.63, 3.8) is 0 Å². The van der Waals surface area contributed by atoms with Crippen molar-refractivity contribution in [3.05, 3.63) is 12.2 Å². The lowest BCUT2D eigenvalue weighted by Gasteiger charge is -2.03. The van der Waals surface area contributed by atoms with E-state index in [0.717, 1.165) is 19.4 Å². The Morgan fingerprint density at radius 2 is 1.89 bits per heavy atom. The molecule has 19 heavy (non-hydrogen) atoms. The van der Waals surface area contributed by atoms with E-state index in [2.05, 4.69) is 12.2 Å². The molecule has 0 unspecified atom stereocenters. The molecule has 0 fully saturated rings. The largest absolute Gasteiger partial charge is 0.460 e. The quantitative estimate of drug-likeness (QED) is 0.318. The van der Waals surface area contributed by atoms with Crippen molar-refractivity contribution in [1.29, 1.82) is 0 Å². The van der Waals surface area contributed by atoms with Crippen LogP contribution < -0.4 is 5.32 Å². The Kier molecular flexibility index (Phi) is 14.5. The van der Waals surface area contributed by atoms with E-state index >= 15 is 0 Å². The van der Waals surface area contributed by atoms with Crippen molar-refractivity contribution in [2.24, 2.45) is 0 Å². The van der Waals surface area contributed by atoms with Gasteiger partial charge in [-0.05, 0) is 19.9 Å². The van der Waals surface area contributed by atoms with Crippen molar-refractivity contribution in [3.8, 4) is 0 Å². The Balaban J connectivity index is 3.28. The standard InChI is InChI=1S/C15H29NO3/c1-3-4-5-6-7-8-9-10-15(17)19-14-13-18-12-11-16-2/h9-10,16H,3-8,11-14H2,1-2H3/b10-9+. The average molecular weight is 271 g/mol. The zero-order valence-electron chi connectivity index (χ0n) is 12.5. The number of hydrogen-bond donors (Lipinski definition) is 1. The van der Waals surface area contributed by atoms with Crippen LogP contribution in [0.1, 0.15) is 45.4 Å². The Labute approximate surface area is 117 Å². The molecule has 0 radical (unpaired) electrons. The summed E-state index contributed by atoms with van der Waals surface area (Å²) in [5.74, 6) is -0.272. The van der Waals surface area contributed by atoms with Gasteiger partial charge in [-0.15, -0.1) is 0 Å². The second-order valence-corrected chi connectivity index (χ2v) is 4.49. The molecule has 0 amide bonds. The van der Waals surface area contributed by atoms with Crippen molar-refractivity contribution >= 4 is 5.97 Å². The fourth-order valence-corrected chi connectivity index (χ4v) is 1.57. The van der Waals surface area contributed by atoms with Crippen LogP contribution in [0.15, 0.2) is 12.2 Å². The maximum atomic E-state index is 11.3. The summed E-state index contributed by atoms with van der Waals surface area (Å²) < 4.78 is 10.2. The van der Waals surface area contributed by atoms with E-state index in [1.807, 2.05) is 13.1 Å². The number of carbonyl (C=O) groups excluding carboxylic acids is 1. The molecular weight excluding hydrogens is 242 g/mol. The summed E-state index contributed by atoms with van der Waals surface area (Å²) in [5, 5.41) is 2.98. The van der Waals surface area contributed by atoms with E-state index in [4.69, 9.17) is 9.47 Å². The Hall–Kier alpha value is -0.870. The van der Waals surface area contributed by atoms with Crippen LogP contribution in [0.3, 0.4) is 0 Å². The molecule has 0 aliphatic heterocycles. The third-order valence-electron chi connectivity index (χ3n) is 2.70. The number of allylic oxidation sites excluding steroid dienone is 1. The van der Waals surface area contributed by atoms with Crippen molar-refractivity contribution in [2.75, 3.05) is 33.4 Å². The molecule has 0 bridgehead atoms. The van der Waals surface area contributed by atoms with Gasteiger partial charge >= 0.3 is 5.97 Å². The number of nitrogens with one attached hydrogen (secondary N) is 1. The molecule has 0 rings (SSSR count). The summed E-state index contributed by atoms with van der Waals surface area (Å²) in [5.41, 5.74) is 0. The highest BCUT2D eigenvalue weighted by Crippen LogP contribution is 2.05. The highest BCUT2D eigenvalue weighted by atomic mass is 16.6. The van der Waals surface area contributed by atoms with Crippen molar-refractivity contribution in [2.45, 2.75) is 45.4 Å². The minimum absolute atomic E-state index is 0.272. The number of unbranched alkanes of at least 4 members (excludes halogenated alkanes) is 5. The molecule has 0 aromatic rings. The Morgan fingerprint density at radius 3 is 2.63 bits per heavy atom. The summed E-state index contributed by atoms with van der Waals surface area (Å²) >= 11 is 0. The monoisotopic (exact) mass is 271 g/mol. The van der Waals surface area contributed by atoms with Gasteiger partial charge in [0.15, 0.2) is 0 Å².